The van der Waals surface area contributed by atoms with Gasteiger partial charge in [-0.2, -0.15) is 0 Å². The summed E-state index contributed by atoms with van der Waals surface area (Å²) < 4.78 is 0. The molecule has 2 rings (SSSR count). The Labute approximate surface area is 110 Å². The first kappa shape index (κ1) is 13.2. The van der Waals surface area contributed by atoms with Crippen molar-refractivity contribution in [2.24, 2.45) is 0 Å². The maximum Gasteiger partial charge on any atom is 0.122 e. The van der Waals surface area contributed by atoms with Crippen molar-refractivity contribution in [3.8, 4) is 5.75 Å². The van der Waals surface area contributed by atoms with Crippen LogP contribution < -0.4 is 10.2 Å². The summed E-state index contributed by atoms with van der Waals surface area (Å²) in [5.74, 6) is 0.403. The van der Waals surface area contributed by atoms with E-state index in [4.69, 9.17) is 0 Å². The molecule has 0 spiro atoms. The van der Waals surface area contributed by atoms with Crippen LogP contribution in [-0.2, 0) is 0 Å². The normalized spacial score (nSPS) is 16.6. The summed E-state index contributed by atoms with van der Waals surface area (Å²) in [6, 6.07) is 6.96. The summed E-state index contributed by atoms with van der Waals surface area (Å²) in [7, 11) is 0. The van der Waals surface area contributed by atoms with E-state index in [2.05, 4.69) is 37.1 Å². The average Bonchev–Trinajstić information content (AvgIpc) is 3.15. The second-order valence-corrected chi connectivity index (χ2v) is 5.04. The van der Waals surface area contributed by atoms with Crippen LogP contribution in [0.3, 0.4) is 0 Å². The molecule has 1 atom stereocenters. The van der Waals surface area contributed by atoms with Gasteiger partial charge in [-0.25, -0.2) is 0 Å². The van der Waals surface area contributed by atoms with Crippen molar-refractivity contribution in [2.75, 3.05) is 18.0 Å². The lowest BCUT2D eigenvalue weighted by Gasteiger charge is -2.24. The number of phenols is 1. The van der Waals surface area contributed by atoms with Gasteiger partial charge in [0.2, 0.25) is 0 Å². The SMILES string of the molecule is CCNC(C)c1ccc(N(CC)C2CC2)cc1O. The van der Waals surface area contributed by atoms with E-state index in [9.17, 15) is 5.11 Å². The number of anilines is 1. The van der Waals surface area contributed by atoms with Crippen molar-refractivity contribution >= 4 is 5.69 Å². The molecule has 1 aromatic rings. The van der Waals surface area contributed by atoms with Gasteiger partial charge in [0, 0.05) is 35.9 Å². The number of phenolic OH excluding ortho intramolecular Hbond substituents is 1. The first-order valence-electron chi connectivity index (χ1n) is 7.00. The minimum Gasteiger partial charge on any atom is -0.508 e. The van der Waals surface area contributed by atoms with Gasteiger partial charge in [-0.15, -0.1) is 0 Å². The maximum atomic E-state index is 10.2. The summed E-state index contributed by atoms with van der Waals surface area (Å²) in [5, 5.41) is 13.5. The lowest BCUT2D eigenvalue weighted by molar-refractivity contribution is 0.454. The minimum absolute atomic E-state index is 0.194. The predicted molar refractivity (Wildman–Crippen MR) is 76.2 cm³/mol. The van der Waals surface area contributed by atoms with Crippen molar-refractivity contribution in [3.63, 3.8) is 0 Å². The van der Waals surface area contributed by atoms with Crippen LogP contribution in [0.15, 0.2) is 18.2 Å². The van der Waals surface area contributed by atoms with Crippen molar-refractivity contribution in [3.05, 3.63) is 23.8 Å². The van der Waals surface area contributed by atoms with E-state index in [0.29, 0.717) is 11.8 Å². The second-order valence-electron chi connectivity index (χ2n) is 5.04. The van der Waals surface area contributed by atoms with Gasteiger partial charge in [0.05, 0.1) is 0 Å². The van der Waals surface area contributed by atoms with Gasteiger partial charge in [0.15, 0.2) is 0 Å². The Balaban J connectivity index is 2.18. The molecule has 18 heavy (non-hydrogen) atoms. The molecule has 0 heterocycles. The number of benzene rings is 1. The van der Waals surface area contributed by atoms with Crippen LogP contribution in [0.5, 0.6) is 5.75 Å². The van der Waals surface area contributed by atoms with E-state index in [1.165, 1.54) is 12.8 Å². The molecule has 0 aliphatic heterocycles. The molecule has 1 unspecified atom stereocenters. The lowest BCUT2D eigenvalue weighted by Crippen LogP contribution is -2.25. The molecule has 3 heteroatoms. The summed E-state index contributed by atoms with van der Waals surface area (Å²) >= 11 is 0. The Bertz CT molecular complexity index is 401. The van der Waals surface area contributed by atoms with Gasteiger partial charge in [-0.3, -0.25) is 0 Å². The van der Waals surface area contributed by atoms with Gasteiger partial charge in [-0.05, 0) is 39.3 Å². The fourth-order valence-electron chi connectivity index (χ4n) is 2.53. The Morgan fingerprint density at radius 1 is 1.39 bits per heavy atom. The highest BCUT2D eigenvalue weighted by molar-refractivity contribution is 5.55. The molecule has 1 fully saturated rings. The number of hydrogen-bond donors (Lipinski definition) is 2. The maximum absolute atomic E-state index is 10.2. The Morgan fingerprint density at radius 2 is 2.11 bits per heavy atom. The molecule has 3 nitrogen and oxygen atoms in total. The third-order valence-electron chi connectivity index (χ3n) is 3.65. The zero-order valence-corrected chi connectivity index (χ0v) is 11.6. The van der Waals surface area contributed by atoms with E-state index < -0.39 is 0 Å². The van der Waals surface area contributed by atoms with E-state index in [0.717, 1.165) is 24.3 Å². The molecule has 0 bridgehead atoms. The highest BCUT2D eigenvalue weighted by atomic mass is 16.3. The number of hydrogen-bond acceptors (Lipinski definition) is 3. The van der Waals surface area contributed by atoms with Gasteiger partial charge < -0.3 is 15.3 Å². The van der Waals surface area contributed by atoms with Crippen molar-refractivity contribution in [1.82, 2.24) is 5.32 Å². The summed E-state index contributed by atoms with van der Waals surface area (Å²) in [6.45, 7) is 8.24. The van der Waals surface area contributed by atoms with Crippen LogP contribution in [0, 0.1) is 0 Å². The van der Waals surface area contributed by atoms with E-state index >= 15 is 0 Å². The molecule has 1 aliphatic rings. The highest BCUT2D eigenvalue weighted by Crippen LogP contribution is 2.35. The predicted octanol–water partition coefficient (Wildman–Crippen LogP) is 3.05. The molecule has 0 aromatic heterocycles. The molecule has 1 saturated carbocycles. The van der Waals surface area contributed by atoms with Gasteiger partial charge in [-0.1, -0.05) is 13.0 Å². The molecular weight excluding hydrogens is 224 g/mol. The van der Waals surface area contributed by atoms with Gasteiger partial charge >= 0.3 is 0 Å². The average molecular weight is 248 g/mol. The van der Waals surface area contributed by atoms with Crippen LogP contribution in [0.25, 0.3) is 0 Å². The van der Waals surface area contributed by atoms with Crippen LogP contribution in [-0.4, -0.2) is 24.2 Å². The molecular formula is C15H24N2O. The van der Waals surface area contributed by atoms with Gasteiger partial charge in [0.1, 0.15) is 5.75 Å². The fraction of sp³-hybridized carbons (Fsp3) is 0.600. The molecule has 0 amide bonds. The van der Waals surface area contributed by atoms with Crippen molar-refractivity contribution in [2.45, 2.75) is 45.7 Å². The van der Waals surface area contributed by atoms with E-state index in [-0.39, 0.29) is 6.04 Å². The molecule has 2 N–H and O–H groups in total. The van der Waals surface area contributed by atoms with Crippen molar-refractivity contribution < 1.29 is 5.11 Å². The minimum atomic E-state index is 0.194. The van der Waals surface area contributed by atoms with Crippen LogP contribution >= 0.6 is 0 Å². The Hall–Kier alpha value is -1.22. The third kappa shape index (κ3) is 2.78. The van der Waals surface area contributed by atoms with Crippen molar-refractivity contribution in [1.29, 1.82) is 0 Å². The van der Waals surface area contributed by atoms with Crippen LogP contribution in [0.1, 0.15) is 45.2 Å². The summed E-state index contributed by atoms with van der Waals surface area (Å²) in [5.41, 5.74) is 2.12. The highest BCUT2D eigenvalue weighted by Gasteiger charge is 2.28. The van der Waals surface area contributed by atoms with E-state index in [1.54, 1.807) is 0 Å². The first-order valence-corrected chi connectivity index (χ1v) is 7.00. The monoisotopic (exact) mass is 248 g/mol. The van der Waals surface area contributed by atoms with Crippen LogP contribution in [0.2, 0.25) is 0 Å². The lowest BCUT2D eigenvalue weighted by atomic mass is 10.1. The summed E-state index contributed by atoms with van der Waals surface area (Å²) in [4.78, 5) is 2.38. The summed E-state index contributed by atoms with van der Waals surface area (Å²) in [6.07, 6.45) is 2.56. The molecule has 1 aromatic carbocycles. The second kappa shape index (κ2) is 5.61. The quantitative estimate of drug-likeness (QED) is 0.812. The molecule has 0 saturated heterocycles. The zero-order valence-electron chi connectivity index (χ0n) is 11.6. The van der Waals surface area contributed by atoms with Crippen LogP contribution in [0.4, 0.5) is 5.69 Å². The fourth-order valence-corrected chi connectivity index (χ4v) is 2.53. The van der Waals surface area contributed by atoms with E-state index in [1.807, 2.05) is 12.1 Å². The largest absolute Gasteiger partial charge is 0.508 e. The third-order valence-corrected chi connectivity index (χ3v) is 3.65. The molecule has 0 radical (unpaired) electrons. The smallest absolute Gasteiger partial charge is 0.122 e. The number of aromatic hydroxyl groups is 1. The number of rotatable bonds is 6. The number of nitrogens with one attached hydrogen (secondary N) is 1. The Kier molecular flexibility index (Phi) is 4.12. The Morgan fingerprint density at radius 3 is 2.61 bits per heavy atom. The van der Waals surface area contributed by atoms with Gasteiger partial charge in [0.25, 0.3) is 0 Å². The molecule has 1 aliphatic carbocycles. The first-order chi connectivity index (χ1) is 8.67. The number of nitrogens with zero attached hydrogens (tertiary/aromatic N) is 1. The molecule has 100 valence electrons. The standard InChI is InChI=1S/C15H24N2O/c1-4-16-11(3)14-9-8-13(10-15(14)18)17(5-2)12-6-7-12/h8-12,16,18H,4-7H2,1-3H3. The topological polar surface area (TPSA) is 35.5 Å². The zero-order chi connectivity index (χ0) is 13.1.